The first kappa shape index (κ1) is 17.7. The molecule has 0 saturated carbocycles. The van der Waals surface area contributed by atoms with Gasteiger partial charge in [0.05, 0.1) is 5.56 Å². The van der Waals surface area contributed by atoms with E-state index in [1.807, 2.05) is 10.3 Å². The van der Waals surface area contributed by atoms with E-state index in [9.17, 15) is 18.0 Å². The average molecular weight is 396 g/mol. The van der Waals surface area contributed by atoms with E-state index >= 15 is 0 Å². The zero-order valence-corrected chi connectivity index (χ0v) is 15.1. The Bertz CT molecular complexity index is 976. The summed E-state index contributed by atoms with van der Waals surface area (Å²) < 4.78 is 40.0. The summed E-state index contributed by atoms with van der Waals surface area (Å²) in [6.07, 6.45) is -4.63. The number of fused-ring (bicyclic) bond motifs is 1. The van der Waals surface area contributed by atoms with Gasteiger partial charge < -0.3 is 9.80 Å². The summed E-state index contributed by atoms with van der Waals surface area (Å²) in [5, 5.41) is 7.25. The van der Waals surface area contributed by atoms with E-state index in [0.717, 1.165) is 4.52 Å². The van der Waals surface area contributed by atoms with Crippen LogP contribution < -0.4 is 4.90 Å². The molecule has 142 valence electrons. The van der Waals surface area contributed by atoms with Crippen LogP contribution in [-0.2, 0) is 6.18 Å². The number of hydrogen-bond donors (Lipinski definition) is 0. The Morgan fingerprint density at radius 2 is 1.93 bits per heavy atom. The van der Waals surface area contributed by atoms with E-state index in [2.05, 4.69) is 15.1 Å². The second-order valence-electron chi connectivity index (χ2n) is 6.19. The van der Waals surface area contributed by atoms with E-state index in [4.69, 9.17) is 0 Å². The van der Waals surface area contributed by atoms with Crippen molar-refractivity contribution in [2.75, 3.05) is 31.1 Å². The van der Waals surface area contributed by atoms with Crippen LogP contribution in [0.25, 0.3) is 5.78 Å². The Morgan fingerprint density at radius 1 is 1.19 bits per heavy atom. The molecule has 11 heteroatoms. The minimum absolute atomic E-state index is 0.0351. The van der Waals surface area contributed by atoms with Crippen molar-refractivity contribution in [1.82, 2.24) is 24.5 Å². The van der Waals surface area contributed by atoms with Gasteiger partial charge in [-0.05, 0) is 18.4 Å². The third-order valence-electron chi connectivity index (χ3n) is 4.33. The van der Waals surface area contributed by atoms with Crippen molar-refractivity contribution in [2.24, 2.45) is 0 Å². The van der Waals surface area contributed by atoms with E-state index in [1.165, 1.54) is 11.3 Å². The zero-order valence-electron chi connectivity index (χ0n) is 14.3. The lowest BCUT2D eigenvalue weighted by Crippen LogP contribution is -2.49. The number of anilines is 1. The second kappa shape index (κ2) is 6.48. The predicted molar refractivity (Wildman–Crippen MR) is 93.0 cm³/mol. The van der Waals surface area contributed by atoms with Gasteiger partial charge in [-0.15, -0.1) is 5.10 Å². The molecule has 4 heterocycles. The normalized spacial score (nSPS) is 15.6. The van der Waals surface area contributed by atoms with Crippen molar-refractivity contribution in [3.8, 4) is 0 Å². The van der Waals surface area contributed by atoms with Crippen molar-refractivity contribution in [3.63, 3.8) is 0 Å². The quantitative estimate of drug-likeness (QED) is 0.666. The lowest BCUT2D eigenvalue weighted by atomic mass is 10.2. The molecule has 3 aromatic heterocycles. The maximum absolute atomic E-state index is 13.0. The summed E-state index contributed by atoms with van der Waals surface area (Å²) in [6.45, 7) is 3.60. The van der Waals surface area contributed by atoms with Crippen molar-refractivity contribution < 1.29 is 18.0 Å². The molecule has 1 saturated heterocycles. The molecule has 0 bridgehead atoms. The molecule has 0 atom stereocenters. The number of aromatic nitrogens is 4. The molecule has 0 radical (unpaired) electrons. The van der Waals surface area contributed by atoms with Crippen LogP contribution in [0.2, 0.25) is 0 Å². The number of nitrogens with zero attached hydrogens (tertiary/aromatic N) is 6. The van der Waals surface area contributed by atoms with Gasteiger partial charge in [-0.2, -0.15) is 34.0 Å². The Kier molecular flexibility index (Phi) is 4.25. The topological polar surface area (TPSA) is 66.6 Å². The third-order valence-corrected chi connectivity index (χ3v) is 5.02. The van der Waals surface area contributed by atoms with Gasteiger partial charge in [-0.1, -0.05) is 0 Å². The summed E-state index contributed by atoms with van der Waals surface area (Å²) >= 11 is 1.46. The van der Waals surface area contributed by atoms with Crippen LogP contribution >= 0.6 is 11.3 Å². The van der Waals surface area contributed by atoms with Gasteiger partial charge in [0.2, 0.25) is 0 Å². The molecule has 3 aromatic rings. The largest absolute Gasteiger partial charge is 0.453 e. The molecule has 27 heavy (non-hydrogen) atoms. The number of rotatable bonds is 2. The summed E-state index contributed by atoms with van der Waals surface area (Å²) in [6, 6.07) is 3.46. The van der Waals surface area contributed by atoms with Crippen molar-refractivity contribution in [3.05, 3.63) is 40.0 Å². The molecular formula is C16H15F3N6OS. The third kappa shape index (κ3) is 3.34. The number of alkyl halides is 3. The van der Waals surface area contributed by atoms with Crippen LogP contribution in [0.15, 0.2) is 22.9 Å². The molecule has 0 aliphatic carbocycles. The van der Waals surface area contributed by atoms with Crippen LogP contribution in [-0.4, -0.2) is 56.6 Å². The number of amides is 1. The summed E-state index contributed by atoms with van der Waals surface area (Å²) in [7, 11) is 0. The van der Waals surface area contributed by atoms with Gasteiger partial charge in [0.25, 0.3) is 17.5 Å². The molecule has 7 nitrogen and oxygen atoms in total. The second-order valence-corrected chi connectivity index (χ2v) is 6.97. The fourth-order valence-electron chi connectivity index (χ4n) is 3.02. The van der Waals surface area contributed by atoms with Gasteiger partial charge in [-0.3, -0.25) is 4.79 Å². The highest BCUT2D eigenvalue weighted by atomic mass is 32.1. The molecule has 1 aliphatic heterocycles. The number of piperazine rings is 1. The Balaban J connectivity index is 1.58. The number of halogens is 3. The molecule has 1 aliphatic rings. The highest BCUT2D eigenvalue weighted by molar-refractivity contribution is 7.08. The SMILES string of the molecule is Cc1cc(N2CCN(C(=O)c3ccsc3)CC2)n2nc(C(F)(F)F)nc2n1. The van der Waals surface area contributed by atoms with Crippen LogP contribution in [0, 0.1) is 6.92 Å². The first-order chi connectivity index (χ1) is 12.8. The van der Waals surface area contributed by atoms with Crippen molar-refractivity contribution >= 4 is 28.8 Å². The van der Waals surface area contributed by atoms with Gasteiger partial charge in [0.15, 0.2) is 0 Å². The highest BCUT2D eigenvalue weighted by Crippen LogP contribution is 2.28. The molecule has 4 rings (SSSR count). The lowest BCUT2D eigenvalue weighted by molar-refractivity contribution is -0.144. The average Bonchev–Trinajstić information content (AvgIpc) is 3.29. The van der Waals surface area contributed by atoms with Crippen LogP contribution in [0.5, 0.6) is 0 Å². The van der Waals surface area contributed by atoms with E-state index in [0.29, 0.717) is 43.3 Å². The smallest absolute Gasteiger partial charge is 0.353 e. The minimum atomic E-state index is -4.63. The monoisotopic (exact) mass is 396 g/mol. The number of hydrogen-bond acceptors (Lipinski definition) is 6. The Morgan fingerprint density at radius 3 is 2.56 bits per heavy atom. The molecule has 0 N–H and O–H groups in total. The maximum Gasteiger partial charge on any atom is 0.453 e. The van der Waals surface area contributed by atoms with E-state index in [1.54, 1.807) is 29.3 Å². The number of thiophene rings is 1. The first-order valence-electron chi connectivity index (χ1n) is 8.21. The fraction of sp³-hybridized carbons (Fsp3) is 0.375. The first-order valence-corrected chi connectivity index (χ1v) is 9.15. The number of aryl methyl sites for hydroxylation is 1. The highest BCUT2D eigenvalue weighted by Gasteiger charge is 2.37. The molecule has 1 amide bonds. The Hall–Kier alpha value is -2.69. The van der Waals surface area contributed by atoms with Crippen LogP contribution in [0.1, 0.15) is 21.9 Å². The van der Waals surface area contributed by atoms with Gasteiger partial charge in [0, 0.05) is 43.3 Å². The minimum Gasteiger partial charge on any atom is -0.353 e. The van der Waals surface area contributed by atoms with E-state index in [-0.39, 0.29) is 11.7 Å². The molecule has 1 fully saturated rings. The van der Waals surface area contributed by atoms with Crippen molar-refractivity contribution in [2.45, 2.75) is 13.1 Å². The standard InChI is InChI=1S/C16H15F3N6OS/c1-10-8-12(25-15(20-10)21-14(22-25)16(17,18)19)23-3-5-24(6-4-23)13(26)11-2-7-27-9-11/h2,7-9H,3-6H2,1H3. The van der Waals surface area contributed by atoms with Gasteiger partial charge in [-0.25, -0.2) is 4.98 Å². The zero-order chi connectivity index (χ0) is 19.2. The van der Waals surface area contributed by atoms with Gasteiger partial charge >= 0.3 is 6.18 Å². The number of carbonyl (C=O) groups excluding carboxylic acids is 1. The molecular weight excluding hydrogens is 381 g/mol. The summed E-state index contributed by atoms with van der Waals surface area (Å²) in [5.74, 6) is -0.850. The molecule has 0 spiro atoms. The Labute approximate surface area is 156 Å². The lowest BCUT2D eigenvalue weighted by Gasteiger charge is -2.35. The van der Waals surface area contributed by atoms with E-state index < -0.39 is 12.0 Å². The van der Waals surface area contributed by atoms with Crippen LogP contribution in [0.4, 0.5) is 19.0 Å². The number of carbonyl (C=O) groups is 1. The van der Waals surface area contributed by atoms with Gasteiger partial charge in [0.1, 0.15) is 5.82 Å². The molecule has 0 aromatic carbocycles. The van der Waals surface area contributed by atoms with Crippen LogP contribution in [0.3, 0.4) is 0 Å². The van der Waals surface area contributed by atoms with Crippen molar-refractivity contribution in [1.29, 1.82) is 0 Å². The summed E-state index contributed by atoms with van der Waals surface area (Å²) in [5.41, 5.74) is 1.21. The molecule has 0 unspecified atom stereocenters. The predicted octanol–water partition coefficient (Wildman–Crippen LogP) is 2.48. The fourth-order valence-corrected chi connectivity index (χ4v) is 3.65. The maximum atomic E-state index is 13.0. The summed E-state index contributed by atoms with van der Waals surface area (Å²) in [4.78, 5) is 23.6.